The van der Waals surface area contributed by atoms with E-state index in [9.17, 15) is 4.79 Å². The average Bonchev–Trinajstić information content (AvgIpc) is 2.94. The van der Waals surface area contributed by atoms with Crippen LogP contribution in [0.25, 0.3) is 11.1 Å². The second-order valence-corrected chi connectivity index (χ2v) is 5.73. The molecule has 0 saturated carbocycles. The third-order valence-electron chi connectivity index (χ3n) is 4.36. The summed E-state index contributed by atoms with van der Waals surface area (Å²) in [6, 6.07) is 15.2. The molecule has 0 spiro atoms. The molecule has 1 aliphatic carbocycles. The van der Waals surface area contributed by atoms with Crippen molar-refractivity contribution in [3.05, 3.63) is 59.7 Å². The number of carbonyl (C=O) groups excluding carboxylic acids is 1. The summed E-state index contributed by atoms with van der Waals surface area (Å²) in [6.07, 6.45) is -0.773. The molecule has 0 unspecified atom stereocenters. The zero-order valence-corrected chi connectivity index (χ0v) is 13.1. The Morgan fingerprint density at radius 2 is 1.54 bits per heavy atom. The lowest BCUT2D eigenvalue weighted by molar-refractivity contribution is 0.0463. The fraction of sp³-hybridized carbons (Fsp3) is 0.278. The van der Waals surface area contributed by atoms with Gasteiger partial charge in [-0.2, -0.15) is 0 Å². The van der Waals surface area contributed by atoms with E-state index in [0.717, 1.165) is 27.3 Å². The second-order valence-electron chi connectivity index (χ2n) is 5.73. The quantitative estimate of drug-likeness (QED) is 0.439. The number of rotatable bonds is 5. The molecule has 2 aromatic carbocycles. The van der Waals surface area contributed by atoms with Gasteiger partial charge in [0.2, 0.25) is 0 Å². The summed E-state index contributed by atoms with van der Waals surface area (Å²) in [7, 11) is 0. The SMILES string of the molecule is NN(C(=O)OCC1c2ccccc2-c2ccccc21)C(CO)CO. The number of amides is 1. The zero-order valence-electron chi connectivity index (χ0n) is 13.1. The molecule has 0 atom stereocenters. The maximum absolute atomic E-state index is 12.0. The van der Waals surface area contributed by atoms with Gasteiger partial charge in [-0.25, -0.2) is 15.6 Å². The highest BCUT2D eigenvalue weighted by molar-refractivity contribution is 5.79. The van der Waals surface area contributed by atoms with Crippen LogP contribution in [0.1, 0.15) is 17.0 Å². The smallest absolute Gasteiger partial charge is 0.424 e. The van der Waals surface area contributed by atoms with E-state index in [4.69, 9.17) is 20.8 Å². The van der Waals surface area contributed by atoms with Gasteiger partial charge in [0.15, 0.2) is 0 Å². The van der Waals surface area contributed by atoms with E-state index in [2.05, 4.69) is 12.1 Å². The van der Waals surface area contributed by atoms with E-state index in [1.54, 1.807) is 0 Å². The Morgan fingerprint density at radius 1 is 1.04 bits per heavy atom. The van der Waals surface area contributed by atoms with Gasteiger partial charge in [0.25, 0.3) is 0 Å². The Bertz CT molecular complexity index is 685. The van der Waals surface area contributed by atoms with Crippen LogP contribution in [-0.4, -0.2) is 47.2 Å². The van der Waals surface area contributed by atoms with Crippen molar-refractivity contribution >= 4 is 6.09 Å². The van der Waals surface area contributed by atoms with Gasteiger partial charge in [0, 0.05) is 5.92 Å². The molecule has 6 nitrogen and oxygen atoms in total. The lowest BCUT2D eigenvalue weighted by Gasteiger charge is -2.24. The van der Waals surface area contributed by atoms with Crippen LogP contribution in [-0.2, 0) is 4.74 Å². The minimum absolute atomic E-state index is 0.0588. The zero-order chi connectivity index (χ0) is 17.1. The van der Waals surface area contributed by atoms with Crippen molar-refractivity contribution in [2.24, 2.45) is 5.84 Å². The fourth-order valence-electron chi connectivity index (χ4n) is 3.05. The molecule has 3 rings (SSSR count). The highest BCUT2D eigenvalue weighted by Crippen LogP contribution is 2.44. The van der Waals surface area contributed by atoms with Gasteiger partial charge in [-0.3, -0.25) is 0 Å². The summed E-state index contributed by atoms with van der Waals surface area (Å²) in [5.41, 5.74) is 4.50. The summed E-state index contributed by atoms with van der Waals surface area (Å²) in [5.74, 6) is 5.54. The van der Waals surface area contributed by atoms with Crippen molar-refractivity contribution in [2.75, 3.05) is 19.8 Å². The largest absolute Gasteiger partial charge is 0.447 e. The Kier molecular flexibility index (Phi) is 4.80. The first kappa shape index (κ1) is 16.4. The van der Waals surface area contributed by atoms with E-state index in [1.165, 1.54) is 0 Å². The number of hydrazine groups is 1. The van der Waals surface area contributed by atoms with Crippen LogP contribution < -0.4 is 5.84 Å². The first-order valence-corrected chi connectivity index (χ1v) is 7.78. The Labute approximate surface area is 140 Å². The maximum atomic E-state index is 12.0. The van der Waals surface area contributed by atoms with Gasteiger partial charge in [0.05, 0.1) is 19.3 Å². The maximum Gasteiger partial charge on any atom is 0.424 e. The van der Waals surface area contributed by atoms with E-state index in [0.29, 0.717) is 0 Å². The summed E-state index contributed by atoms with van der Waals surface area (Å²) >= 11 is 0. The monoisotopic (exact) mass is 328 g/mol. The number of benzene rings is 2. The molecule has 0 aromatic heterocycles. The third-order valence-corrected chi connectivity index (χ3v) is 4.36. The fourth-order valence-corrected chi connectivity index (χ4v) is 3.05. The summed E-state index contributed by atoms with van der Waals surface area (Å²) in [4.78, 5) is 12.0. The highest BCUT2D eigenvalue weighted by Gasteiger charge is 2.30. The standard InChI is InChI=1S/C18H20N2O4/c19-20(12(9-21)10-22)18(23)24-11-17-15-7-3-1-5-13(15)14-6-2-4-8-16(14)17/h1-8,12,17,21-22H,9-11,19H2. The molecule has 0 bridgehead atoms. The Hall–Kier alpha value is -2.41. The van der Waals surface area contributed by atoms with Crippen molar-refractivity contribution in [2.45, 2.75) is 12.0 Å². The molecule has 1 amide bonds. The number of ether oxygens (including phenoxy) is 1. The first-order chi connectivity index (χ1) is 11.7. The van der Waals surface area contributed by atoms with Gasteiger partial charge < -0.3 is 14.9 Å². The predicted octanol–water partition coefficient (Wildman–Crippen LogP) is 1.46. The predicted molar refractivity (Wildman–Crippen MR) is 89.1 cm³/mol. The van der Waals surface area contributed by atoms with Crippen molar-refractivity contribution in [3.63, 3.8) is 0 Å². The number of aliphatic hydroxyl groups is 2. The van der Waals surface area contributed by atoms with Gasteiger partial charge in [-0.05, 0) is 22.3 Å². The van der Waals surface area contributed by atoms with Crippen molar-refractivity contribution in [3.8, 4) is 11.1 Å². The normalized spacial score (nSPS) is 12.8. The minimum Gasteiger partial charge on any atom is -0.447 e. The number of hydrogen-bond donors (Lipinski definition) is 3. The van der Waals surface area contributed by atoms with E-state index in [-0.39, 0.29) is 12.5 Å². The van der Waals surface area contributed by atoms with Gasteiger partial charge in [-0.1, -0.05) is 48.5 Å². The van der Waals surface area contributed by atoms with Crippen LogP contribution in [0.15, 0.2) is 48.5 Å². The number of nitrogens with zero attached hydrogens (tertiary/aromatic N) is 1. The third kappa shape index (κ3) is 2.87. The summed E-state index contributed by atoms with van der Waals surface area (Å²) in [5, 5.41) is 18.9. The van der Waals surface area contributed by atoms with Crippen LogP contribution in [0, 0.1) is 0 Å². The number of aliphatic hydroxyl groups excluding tert-OH is 2. The van der Waals surface area contributed by atoms with Crippen LogP contribution in [0.2, 0.25) is 0 Å². The molecular weight excluding hydrogens is 308 g/mol. The lowest BCUT2D eigenvalue weighted by Crippen LogP contribution is -2.49. The first-order valence-electron chi connectivity index (χ1n) is 7.78. The number of fused-ring (bicyclic) bond motifs is 3. The topological polar surface area (TPSA) is 96.0 Å². The molecule has 6 heteroatoms. The summed E-state index contributed by atoms with van der Waals surface area (Å²) in [6.45, 7) is -0.724. The molecule has 4 N–H and O–H groups in total. The number of nitrogens with two attached hydrogens (primary N) is 1. The minimum atomic E-state index is -0.874. The average molecular weight is 328 g/mol. The van der Waals surface area contributed by atoms with Crippen molar-refractivity contribution in [1.82, 2.24) is 5.01 Å². The molecule has 0 saturated heterocycles. The molecule has 1 aliphatic rings. The molecule has 2 aromatic rings. The Balaban J connectivity index is 1.77. The van der Waals surface area contributed by atoms with E-state index in [1.807, 2.05) is 36.4 Å². The van der Waals surface area contributed by atoms with Crippen molar-refractivity contribution in [1.29, 1.82) is 0 Å². The van der Waals surface area contributed by atoms with Crippen LogP contribution in [0.4, 0.5) is 4.79 Å². The molecule has 126 valence electrons. The lowest BCUT2D eigenvalue weighted by atomic mass is 9.98. The number of hydrogen-bond acceptors (Lipinski definition) is 5. The Morgan fingerprint density at radius 3 is 2.04 bits per heavy atom. The molecule has 0 heterocycles. The van der Waals surface area contributed by atoms with Gasteiger partial charge in [-0.15, -0.1) is 0 Å². The highest BCUT2D eigenvalue weighted by atomic mass is 16.6. The number of carbonyl (C=O) groups is 1. The molecular formula is C18H20N2O4. The second kappa shape index (κ2) is 7.00. The van der Waals surface area contributed by atoms with E-state index >= 15 is 0 Å². The van der Waals surface area contributed by atoms with Crippen LogP contribution >= 0.6 is 0 Å². The van der Waals surface area contributed by atoms with Crippen LogP contribution in [0.3, 0.4) is 0 Å². The van der Waals surface area contributed by atoms with Crippen LogP contribution in [0.5, 0.6) is 0 Å². The van der Waals surface area contributed by atoms with Gasteiger partial charge >= 0.3 is 6.09 Å². The van der Waals surface area contributed by atoms with E-state index < -0.39 is 25.3 Å². The molecule has 0 aliphatic heterocycles. The van der Waals surface area contributed by atoms with Gasteiger partial charge in [0.1, 0.15) is 6.61 Å². The molecule has 24 heavy (non-hydrogen) atoms. The summed E-state index contributed by atoms with van der Waals surface area (Å²) < 4.78 is 5.33. The molecule has 0 radical (unpaired) electrons. The molecule has 0 fully saturated rings. The van der Waals surface area contributed by atoms with Crippen molar-refractivity contribution < 1.29 is 19.7 Å².